The molecule has 1 aliphatic carbocycles. The van der Waals surface area contributed by atoms with Gasteiger partial charge in [-0.3, -0.25) is 4.79 Å². The largest absolute Gasteiger partial charge is 0.382 e. The highest BCUT2D eigenvalue weighted by atomic mass is 32.1. The van der Waals surface area contributed by atoms with E-state index in [1.54, 1.807) is 17.6 Å². The maximum atomic E-state index is 12.8. The van der Waals surface area contributed by atoms with Crippen LogP contribution >= 0.6 is 11.3 Å². The molecule has 0 atom stereocenters. The van der Waals surface area contributed by atoms with Gasteiger partial charge >= 0.3 is 0 Å². The highest BCUT2D eigenvalue weighted by molar-refractivity contribution is 7.17. The molecule has 5 nitrogen and oxygen atoms in total. The van der Waals surface area contributed by atoms with Crippen LogP contribution in [0.1, 0.15) is 47.2 Å². The van der Waals surface area contributed by atoms with Crippen LogP contribution in [0.4, 0.5) is 5.69 Å². The fraction of sp³-hybridized carbons (Fsp3) is 0.318. The van der Waals surface area contributed by atoms with Gasteiger partial charge < -0.3 is 10.6 Å². The second-order valence-corrected chi connectivity index (χ2v) is 8.83. The van der Waals surface area contributed by atoms with E-state index in [-0.39, 0.29) is 18.0 Å². The Kier molecular flexibility index (Phi) is 6.11. The fourth-order valence-corrected chi connectivity index (χ4v) is 4.84. The highest BCUT2D eigenvalue weighted by Gasteiger charge is 2.24. The summed E-state index contributed by atoms with van der Waals surface area (Å²) in [5, 5.41) is 14.3. The smallest absolute Gasteiger partial charge is 0.253 e. The van der Waals surface area contributed by atoms with E-state index in [2.05, 4.69) is 21.7 Å². The molecule has 31 heavy (non-hydrogen) atoms. The fourth-order valence-electron chi connectivity index (χ4n) is 4.04. The number of thiazole rings is 1. The van der Waals surface area contributed by atoms with Gasteiger partial charge in [-0.2, -0.15) is 5.26 Å². The number of hydrogen-bond acceptors (Lipinski definition) is 5. The van der Waals surface area contributed by atoms with Crippen molar-refractivity contribution in [2.75, 3.05) is 5.32 Å². The zero-order chi connectivity index (χ0) is 22.0. The molecule has 2 aromatic carbocycles. The zero-order valence-corrected chi connectivity index (χ0v) is 17.8. The quantitative estimate of drug-likeness (QED) is 0.623. The van der Waals surface area contributed by atoms with Crippen molar-refractivity contribution in [3.05, 3.63) is 58.6 Å². The van der Waals surface area contributed by atoms with Crippen LogP contribution in [0, 0.1) is 11.3 Å². The third-order valence-electron chi connectivity index (χ3n) is 5.64. The second kappa shape index (κ2) is 8.80. The van der Waals surface area contributed by atoms with Crippen molar-refractivity contribution < 1.29 is 4.79 Å². The van der Waals surface area contributed by atoms with E-state index in [1.165, 1.54) is 11.3 Å². The highest BCUT2D eigenvalue weighted by Crippen LogP contribution is 2.27. The maximum Gasteiger partial charge on any atom is 0.253 e. The molecule has 1 heterocycles. The third-order valence-corrected chi connectivity index (χ3v) is 6.52. The van der Waals surface area contributed by atoms with Gasteiger partial charge in [-0.15, -0.1) is 16.4 Å². The summed E-state index contributed by atoms with van der Waals surface area (Å²) in [6, 6.07) is 13.3. The van der Waals surface area contributed by atoms with Crippen LogP contribution < -0.4 is 10.6 Å². The second-order valence-electron chi connectivity index (χ2n) is 7.98. The summed E-state index contributed by atoms with van der Waals surface area (Å²) in [5.41, 5.74) is 4.88. The van der Waals surface area contributed by atoms with E-state index in [1.807, 2.05) is 24.3 Å². The average Bonchev–Trinajstić information content (AvgIpc) is 3.23. The van der Waals surface area contributed by atoms with Gasteiger partial charge in [-0.25, -0.2) is 4.98 Å². The van der Waals surface area contributed by atoms with Crippen LogP contribution in [0.5, 0.6) is 0 Å². The lowest BCUT2D eigenvalue weighted by Gasteiger charge is -2.31. The Morgan fingerprint density at radius 2 is 1.87 bits per heavy atom. The molecule has 1 aliphatic rings. The number of amides is 1. The molecular formula is C22H19B3N4OS. The molecule has 1 saturated carbocycles. The molecule has 1 aromatic heterocycles. The first-order chi connectivity index (χ1) is 14.8. The van der Waals surface area contributed by atoms with Crippen LogP contribution in [-0.4, -0.2) is 46.5 Å². The lowest BCUT2D eigenvalue weighted by Crippen LogP contribution is -2.40. The Labute approximate surface area is 189 Å². The van der Waals surface area contributed by atoms with Crippen molar-refractivity contribution in [3.8, 4) is 6.07 Å². The monoisotopic (exact) mass is 420 g/mol. The zero-order valence-electron chi connectivity index (χ0n) is 17.0. The molecule has 0 spiro atoms. The van der Waals surface area contributed by atoms with Gasteiger partial charge in [0.15, 0.2) is 0 Å². The number of carbonyl (C=O) groups is 1. The summed E-state index contributed by atoms with van der Waals surface area (Å²) in [4.78, 5) is 17.1. The number of nitrogens with one attached hydrogen (secondary N) is 2. The molecule has 1 fully saturated rings. The standard InChI is InChI=1S/C22H19B3N4OS/c23-22(24,25)18-10-16(5-4-13(18)11-26)28-14-6-8-15(9-7-14)29-21(30)17-2-1-3-19-20(17)31-12-27-19/h1-5,10,12,14-15,28H,6-9H2,(H,29,30). The summed E-state index contributed by atoms with van der Waals surface area (Å²) < 4.78 is 0.919. The van der Waals surface area contributed by atoms with E-state index in [9.17, 15) is 10.1 Å². The summed E-state index contributed by atoms with van der Waals surface area (Å²) in [5.74, 6) is -0.0480. The van der Waals surface area contributed by atoms with Crippen LogP contribution in [0.3, 0.4) is 0 Å². The Bertz CT molecular complexity index is 1140. The van der Waals surface area contributed by atoms with Gasteiger partial charge in [0.2, 0.25) is 0 Å². The molecule has 1 amide bonds. The van der Waals surface area contributed by atoms with Gasteiger partial charge in [0, 0.05) is 17.8 Å². The van der Waals surface area contributed by atoms with Crippen molar-refractivity contribution in [1.29, 1.82) is 5.26 Å². The normalized spacial score (nSPS) is 18.9. The number of rotatable bonds is 5. The van der Waals surface area contributed by atoms with Crippen LogP contribution in [0.15, 0.2) is 41.9 Å². The Hall–Kier alpha value is -2.72. The van der Waals surface area contributed by atoms with Crippen molar-refractivity contribution >= 4 is 56.7 Å². The van der Waals surface area contributed by atoms with Crippen LogP contribution in [-0.2, 0) is 5.11 Å². The number of aromatic nitrogens is 1. The summed E-state index contributed by atoms with van der Waals surface area (Å²) in [6.07, 6.45) is 3.56. The predicted octanol–water partition coefficient (Wildman–Crippen LogP) is 2.94. The molecule has 0 bridgehead atoms. The maximum absolute atomic E-state index is 12.8. The molecule has 4 rings (SSSR count). The summed E-state index contributed by atoms with van der Waals surface area (Å²) in [6.45, 7) is 0. The van der Waals surface area contributed by atoms with E-state index in [4.69, 9.17) is 23.5 Å². The average molecular weight is 420 g/mol. The Morgan fingerprint density at radius 3 is 2.58 bits per heavy atom. The number of nitriles is 1. The molecule has 9 heteroatoms. The summed E-state index contributed by atoms with van der Waals surface area (Å²) in [7, 11) is 17.4. The Balaban J connectivity index is 1.36. The predicted molar refractivity (Wildman–Crippen MR) is 127 cm³/mol. The van der Waals surface area contributed by atoms with Crippen LogP contribution in [0.2, 0.25) is 0 Å². The molecule has 0 aliphatic heterocycles. The minimum absolute atomic E-state index is 0.0480. The van der Waals surface area contributed by atoms with E-state index >= 15 is 0 Å². The van der Waals surface area contributed by atoms with E-state index in [0.717, 1.165) is 41.6 Å². The van der Waals surface area contributed by atoms with Gasteiger partial charge in [-0.05, 0) is 61.6 Å². The summed E-state index contributed by atoms with van der Waals surface area (Å²) >= 11 is 1.48. The topological polar surface area (TPSA) is 77.8 Å². The third kappa shape index (κ3) is 4.80. The van der Waals surface area contributed by atoms with Gasteiger partial charge in [0.1, 0.15) is 0 Å². The first kappa shape index (κ1) is 21.5. The molecule has 3 aromatic rings. The Morgan fingerprint density at radius 1 is 1.13 bits per heavy atom. The molecule has 0 saturated heterocycles. The number of hydrogen-bond donors (Lipinski definition) is 2. The molecule has 0 unspecified atom stereocenters. The van der Waals surface area contributed by atoms with Crippen molar-refractivity contribution in [1.82, 2.24) is 10.3 Å². The number of benzene rings is 2. The van der Waals surface area contributed by atoms with Crippen molar-refractivity contribution in [3.63, 3.8) is 0 Å². The lowest BCUT2D eigenvalue weighted by atomic mass is 9.39. The van der Waals surface area contributed by atoms with Crippen LogP contribution in [0.25, 0.3) is 10.2 Å². The number of nitrogens with zero attached hydrogens (tertiary/aromatic N) is 2. The minimum atomic E-state index is -1.58. The van der Waals surface area contributed by atoms with E-state index < -0.39 is 5.11 Å². The van der Waals surface area contributed by atoms with Gasteiger partial charge in [0.05, 0.1) is 56.5 Å². The first-order valence-corrected chi connectivity index (χ1v) is 11.0. The number of anilines is 1. The lowest BCUT2D eigenvalue weighted by molar-refractivity contribution is 0.0928. The first-order valence-electron chi connectivity index (χ1n) is 10.2. The number of fused-ring (bicyclic) bond motifs is 1. The molecule has 2 N–H and O–H groups in total. The number of carbonyl (C=O) groups excluding carboxylic acids is 1. The van der Waals surface area contributed by atoms with Crippen molar-refractivity contribution in [2.45, 2.75) is 42.9 Å². The molecule has 6 radical (unpaired) electrons. The van der Waals surface area contributed by atoms with E-state index in [0.29, 0.717) is 16.7 Å². The van der Waals surface area contributed by atoms with Gasteiger partial charge in [-0.1, -0.05) is 6.07 Å². The van der Waals surface area contributed by atoms with Gasteiger partial charge in [0.25, 0.3) is 5.91 Å². The molecule has 148 valence electrons. The van der Waals surface area contributed by atoms with Crippen molar-refractivity contribution in [2.24, 2.45) is 0 Å². The SMILES string of the molecule is [B]C([B])([B])c1cc(NC2CCC(NC(=O)c3cccc4ncsc34)CC2)ccc1C#N. The minimum Gasteiger partial charge on any atom is -0.382 e. The molecular weight excluding hydrogens is 401 g/mol.